The van der Waals surface area contributed by atoms with Crippen molar-refractivity contribution in [3.63, 3.8) is 0 Å². The predicted octanol–water partition coefficient (Wildman–Crippen LogP) is 6.12. The molecule has 1 saturated carbocycles. The van der Waals surface area contributed by atoms with Gasteiger partial charge in [-0.05, 0) is 67.1 Å². The highest BCUT2D eigenvalue weighted by molar-refractivity contribution is 7.22. The lowest BCUT2D eigenvalue weighted by atomic mass is 10.0. The van der Waals surface area contributed by atoms with Crippen LogP contribution >= 0.6 is 11.3 Å². The molecule has 7 nitrogen and oxygen atoms in total. The standard InChI is InChI=1S/C28H28FN3O2S.CO2/c1-2-10-30-16-20-5-7-23(32-17-20)27-15-24-28(35-27)26(9-11-31-24)34-25-8-6-19(14-22(25)29)13-21(33)12-18-3-4-18;2-1-3/h5-9,11,14-15,17-18,30H,2-4,10,12-13,16H2,1H3;. The van der Waals surface area contributed by atoms with Crippen molar-refractivity contribution in [1.29, 1.82) is 0 Å². The van der Waals surface area contributed by atoms with Crippen LogP contribution in [0.3, 0.4) is 0 Å². The van der Waals surface area contributed by atoms with Crippen molar-refractivity contribution in [1.82, 2.24) is 15.3 Å². The summed E-state index contributed by atoms with van der Waals surface area (Å²) < 4.78 is 21.6. The average Bonchev–Trinajstić information content (AvgIpc) is 3.60. The summed E-state index contributed by atoms with van der Waals surface area (Å²) in [6.07, 6.45) is 8.03. The molecule has 0 saturated heterocycles. The maximum atomic E-state index is 14.8. The summed E-state index contributed by atoms with van der Waals surface area (Å²) >= 11 is 1.52. The number of aromatic nitrogens is 2. The Morgan fingerprint density at radius 3 is 2.58 bits per heavy atom. The molecule has 0 bridgehead atoms. The highest BCUT2D eigenvalue weighted by Gasteiger charge is 2.24. The summed E-state index contributed by atoms with van der Waals surface area (Å²) in [7, 11) is 0. The number of benzene rings is 1. The molecule has 196 valence electrons. The van der Waals surface area contributed by atoms with Crippen LogP contribution in [0.2, 0.25) is 0 Å². The monoisotopic (exact) mass is 533 g/mol. The number of pyridine rings is 2. The lowest BCUT2D eigenvalue weighted by Gasteiger charge is -2.09. The van der Waals surface area contributed by atoms with E-state index in [1.165, 1.54) is 17.4 Å². The van der Waals surface area contributed by atoms with Gasteiger partial charge in [0.15, 0.2) is 11.6 Å². The molecule has 1 aromatic carbocycles. The molecule has 1 N–H and O–H groups in total. The first kappa shape index (κ1) is 27.3. The van der Waals surface area contributed by atoms with Gasteiger partial charge in [0.1, 0.15) is 11.5 Å². The summed E-state index contributed by atoms with van der Waals surface area (Å²) in [5.74, 6) is 0.908. The maximum absolute atomic E-state index is 14.8. The van der Waals surface area contributed by atoms with E-state index in [2.05, 4.69) is 28.3 Å². The molecule has 1 aliphatic rings. The summed E-state index contributed by atoms with van der Waals surface area (Å²) in [5.41, 5.74) is 3.46. The number of ether oxygens (including phenoxy) is 1. The zero-order chi connectivity index (χ0) is 26.9. The van der Waals surface area contributed by atoms with Gasteiger partial charge in [0.25, 0.3) is 0 Å². The Kier molecular flexibility index (Phi) is 9.43. The molecular weight excluding hydrogens is 505 g/mol. The summed E-state index contributed by atoms with van der Waals surface area (Å²) in [6.45, 7) is 3.92. The number of halogens is 1. The van der Waals surface area contributed by atoms with Gasteiger partial charge in [0.05, 0.1) is 20.8 Å². The summed E-state index contributed by atoms with van der Waals surface area (Å²) in [6, 6.07) is 12.6. The number of fused-ring (bicyclic) bond motifs is 1. The van der Waals surface area contributed by atoms with Crippen LogP contribution < -0.4 is 10.1 Å². The minimum absolute atomic E-state index is 0.132. The first-order chi connectivity index (χ1) is 18.5. The molecule has 0 aliphatic heterocycles. The minimum atomic E-state index is -0.475. The van der Waals surface area contributed by atoms with Crippen LogP contribution in [0.1, 0.15) is 43.7 Å². The van der Waals surface area contributed by atoms with Crippen molar-refractivity contribution < 1.29 is 23.5 Å². The van der Waals surface area contributed by atoms with Gasteiger partial charge >= 0.3 is 6.15 Å². The van der Waals surface area contributed by atoms with Crippen molar-refractivity contribution in [2.24, 2.45) is 5.92 Å². The first-order valence-corrected chi connectivity index (χ1v) is 13.3. The molecule has 4 aromatic rings. The number of hydrogen-bond acceptors (Lipinski definition) is 8. The molecule has 5 rings (SSSR count). The van der Waals surface area contributed by atoms with Gasteiger partial charge in [0.2, 0.25) is 0 Å². The van der Waals surface area contributed by atoms with Crippen LogP contribution in [0, 0.1) is 11.7 Å². The third kappa shape index (κ3) is 7.38. The fraction of sp³-hybridized carbons (Fsp3) is 0.310. The van der Waals surface area contributed by atoms with E-state index in [1.807, 2.05) is 18.3 Å². The van der Waals surface area contributed by atoms with Crippen LogP contribution in [0.15, 0.2) is 54.9 Å². The number of carbonyl (C=O) groups is 1. The van der Waals surface area contributed by atoms with E-state index in [4.69, 9.17) is 14.3 Å². The number of nitrogens with zero attached hydrogens (tertiary/aromatic N) is 2. The molecule has 0 radical (unpaired) electrons. The second kappa shape index (κ2) is 13.1. The lowest BCUT2D eigenvalue weighted by molar-refractivity contribution is -0.191. The molecule has 0 amide bonds. The Bertz CT molecular complexity index is 1430. The van der Waals surface area contributed by atoms with E-state index in [1.54, 1.807) is 24.4 Å². The molecule has 0 atom stereocenters. The zero-order valence-corrected chi connectivity index (χ0v) is 21.9. The number of hydrogen-bond donors (Lipinski definition) is 1. The van der Waals surface area contributed by atoms with Gasteiger partial charge in [-0.15, -0.1) is 11.3 Å². The van der Waals surface area contributed by atoms with Crippen molar-refractivity contribution in [2.75, 3.05) is 6.54 Å². The second-order valence-corrected chi connectivity index (χ2v) is 10.2. The van der Waals surface area contributed by atoms with Crippen LogP contribution in [-0.4, -0.2) is 28.4 Å². The Hall–Kier alpha value is -3.78. The van der Waals surface area contributed by atoms with Crippen molar-refractivity contribution in [3.05, 3.63) is 71.8 Å². The smallest absolute Gasteiger partial charge is 0.373 e. The van der Waals surface area contributed by atoms with Gasteiger partial charge in [-0.2, -0.15) is 9.59 Å². The molecule has 38 heavy (non-hydrogen) atoms. The number of ketones is 1. The summed E-state index contributed by atoms with van der Waals surface area (Å²) in [4.78, 5) is 38.4. The third-order valence-electron chi connectivity index (χ3n) is 6.04. The van der Waals surface area contributed by atoms with Crippen LogP contribution in [0.25, 0.3) is 20.8 Å². The molecular formula is C29H28FN3O4S. The quantitative estimate of drug-likeness (QED) is 0.232. The van der Waals surface area contributed by atoms with Gasteiger partial charge in [0, 0.05) is 37.8 Å². The van der Waals surface area contributed by atoms with E-state index in [9.17, 15) is 9.18 Å². The van der Waals surface area contributed by atoms with Gasteiger partial charge < -0.3 is 10.1 Å². The SMILES string of the molecule is CCCNCc1ccc(-c2cc3nccc(Oc4ccc(CC(=O)CC5CC5)cc4F)c3s2)nc1.O=C=O. The van der Waals surface area contributed by atoms with Crippen molar-refractivity contribution in [3.8, 4) is 22.1 Å². The third-order valence-corrected chi connectivity index (χ3v) is 7.20. The maximum Gasteiger partial charge on any atom is 0.373 e. The second-order valence-electron chi connectivity index (χ2n) is 9.18. The fourth-order valence-electron chi connectivity index (χ4n) is 4.01. The number of Topliss-reactive ketones (excluding diaryl/α,β-unsaturated/α-hetero) is 1. The Labute approximate surface area is 224 Å². The number of nitrogens with one attached hydrogen (secondary N) is 1. The Morgan fingerprint density at radius 2 is 1.89 bits per heavy atom. The highest BCUT2D eigenvalue weighted by atomic mass is 32.1. The predicted molar refractivity (Wildman–Crippen MR) is 142 cm³/mol. The van der Waals surface area contributed by atoms with Crippen LogP contribution in [0.4, 0.5) is 4.39 Å². The molecule has 3 heterocycles. The molecule has 9 heteroatoms. The van der Waals surface area contributed by atoms with E-state index < -0.39 is 5.82 Å². The average molecular weight is 534 g/mol. The van der Waals surface area contributed by atoms with E-state index in [0.29, 0.717) is 23.7 Å². The van der Waals surface area contributed by atoms with Crippen molar-refractivity contribution >= 4 is 33.5 Å². The minimum Gasteiger partial charge on any atom is -0.453 e. The first-order valence-electron chi connectivity index (χ1n) is 12.5. The molecule has 0 spiro atoms. The normalized spacial score (nSPS) is 12.5. The van der Waals surface area contributed by atoms with Crippen LogP contribution in [0.5, 0.6) is 11.5 Å². The highest BCUT2D eigenvalue weighted by Crippen LogP contribution is 2.39. The number of rotatable bonds is 11. The van der Waals surface area contributed by atoms with E-state index in [-0.39, 0.29) is 24.1 Å². The van der Waals surface area contributed by atoms with E-state index in [0.717, 1.165) is 58.7 Å². The summed E-state index contributed by atoms with van der Waals surface area (Å²) in [5, 5.41) is 3.38. The van der Waals surface area contributed by atoms with Gasteiger partial charge in [-0.1, -0.05) is 19.1 Å². The van der Waals surface area contributed by atoms with Crippen molar-refractivity contribution in [2.45, 2.75) is 45.6 Å². The number of thiophene rings is 1. The zero-order valence-electron chi connectivity index (χ0n) is 21.0. The van der Waals surface area contributed by atoms with Gasteiger partial charge in [-0.3, -0.25) is 14.8 Å². The van der Waals surface area contributed by atoms with Gasteiger partial charge in [-0.25, -0.2) is 4.39 Å². The molecule has 0 unspecified atom stereocenters. The van der Waals surface area contributed by atoms with Crippen LogP contribution in [-0.2, 0) is 27.3 Å². The molecule has 3 aromatic heterocycles. The molecule has 1 fully saturated rings. The molecule has 1 aliphatic carbocycles. The Morgan fingerprint density at radius 1 is 1.11 bits per heavy atom. The Balaban J connectivity index is 0.00000107. The lowest BCUT2D eigenvalue weighted by Crippen LogP contribution is -2.13. The van der Waals surface area contributed by atoms with E-state index >= 15 is 0 Å². The largest absolute Gasteiger partial charge is 0.453 e. The fourth-order valence-corrected chi connectivity index (χ4v) is 5.05. The number of carbonyl (C=O) groups excluding carboxylic acids is 3. The topological polar surface area (TPSA) is 98.2 Å².